The average molecular weight is 344 g/mol. The number of oxazole rings is 1. The first kappa shape index (κ1) is 16.4. The van der Waals surface area contributed by atoms with Gasteiger partial charge in [-0.05, 0) is 19.1 Å². The maximum absolute atomic E-state index is 12.6. The minimum atomic E-state index is 0.105. The van der Waals surface area contributed by atoms with Crippen molar-refractivity contribution in [1.82, 2.24) is 19.7 Å². The van der Waals surface area contributed by atoms with Gasteiger partial charge < -0.3 is 19.0 Å². The number of nitrogens with zero attached hydrogens (tertiary/aromatic N) is 4. The molecule has 134 valence electrons. The summed E-state index contributed by atoms with van der Waals surface area (Å²) in [6, 6.07) is 8.07. The molecule has 1 atom stereocenters. The van der Waals surface area contributed by atoms with Gasteiger partial charge in [0.2, 0.25) is 5.89 Å². The fraction of sp³-hybridized carbons (Fsp3) is 0.556. The second kappa shape index (κ2) is 7.01. The van der Waals surface area contributed by atoms with Gasteiger partial charge in [-0.15, -0.1) is 0 Å². The topological polar surface area (TPSA) is 62.1 Å². The van der Waals surface area contributed by atoms with Crippen LogP contribution in [0.15, 0.2) is 28.7 Å². The van der Waals surface area contributed by atoms with Gasteiger partial charge in [-0.2, -0.15) is 0 Å². The van der Waals surface area contributed by atoms with Crippen LogP contribution in [0.2, 0.25) is 0 Å². The average Bonchev–Trinajstić information content (AvgIpc) is 3.12. The van der Waals surface area contributed by atoms with E-state index in [4.69, 9.17) is 9.15 Å². The van der Waals surface area contributed by atoms with E-state index < -0.39 is 0 Å². The fourth-order valence-corrected chi connectivity index (χ4v) is 3.48. The summed E-state index contributed by atoms with van der Waals surface area (Å²) >= 11 is 0. The van der Waals surface area contributed by atoms with E-state index in [9.17, 15) is 4.79 Å². The molecule has 0 bridgehead atoms. The molecule has 1 aromatic heterocycles. The van der Waals surface area contributed by atoms with Crippen molar-refractivity contribution in [1.29, 1.82) is 0 Å². The zero-order valence-corrected chi connectivity index (χ0v) is 14.6. The number of para-hydroxylation sites is 2. The fourth-order valence-electron chi connectivity index (χ4n) is 3.48. The van der Waals surface area contributed by atoms with Crippen molar-refractivity contribution in [3.8, 4) is 0 Å². The van der Waals surface area contributed by atoms with E-state index in [1.54, 1.807) is 0 Å². The molecule has 2 saturated heterocycles. The third kappa shape index (κ3) is 3.34. The number of morpholine rings is 1. The molecule has 1 unspecified atom stereocenters. The Hall–Kier alpha value is -2.12. The molecule has 0 aliphatic carbocycles. The predicted octanol–water partition coefficient (Wildman–Crippen LogP) is 1.96. The molecular formula is C18H24N4O3. The Bertz CT molecular complexity index is 700. The molecule has 0 N–H and O–H groups in total. The number of aromatic nitrogens is 1. The van der Waals surface area contributed by atoms with Crippen LogP contribution in [0.4, 0.5) is 4.79 Å². The summed E-state index contributed by atoms with van der Waals surface area (Å²) in [7, 11) is 0. The zero-order valence-electron chi connectivity index (χ0n) is 14.6. The van der Waals surface area contributed by atoms with Gasteiger partial charge in [-0.25, -0.2) is 9.78 Å². The van der Waals surface area contributed by atoms with Gasteiger partial charge in [0.1, 0.15) is 5.52 Å². The van der Waals surface area contributed by atoms with Gasteiger partial charge in [0.05, 0.1) is 19.3 Å². The van der Waals surface area contributed by atoms with E-state index in [-0.39, 0.29) is 12.1 Å². The Labute approximate surface area is 147 Å². The third-order valence-electron chi connectivity index (χ3n) is 5.08. The van der Waals surface area contributed by atoms with Crippen LogP contribution in [0.1, 0.15) is 18.9 Å². The first-order valence-electron chi connectivity index (χ1n) is 8.93. The van der Waals surface area contributed by atoms with Crippen molar-refractivity contribution >= 4 is 17.1 Å². The van der Waals surface area contributed by atoms with Crippen LogP contribution in [-0.2, 0) is 4.74 Å². The number of carbonyl (C=O) groups excluding carboxylic acids is 1. The molecule has 25 heavy (non-hydrogen) atoms. The van der Waals surface area contributed by atoms with Crippen LogP contribution in [-0.4, -0.2) is 78.2 Å². The zero-order chi connectivity index (χ0) is 17.2. The highest BCUT2D eigenvalue weighted by Crippen LogP contribution is 2.25. The standard InChI is InChI=1S/C18H24N4O3/c1-14(17-19-15-4-2-3-5-16(15)25-17)20-6-8-21(9-7-20)18(23)22-10-12-24-13-11-22/h2-5,14H,6-13H2,1H3. The third-order valence-corrected chi connectivity index (χ3v) is 5.08. The molecular weight excluding hydrogens is 320 g/mol. The molecule has 1 aromatic carbocycles. The first-order valence-corrected chi connectivity index (χ1v) is 8.93. The largest absolute Gasteiger partial charge is 0.439 e. The van der Waals surface area contributed by atoms with Crippen molar-refractivity contribution in [2.75, 3.05) is 52.5 Å². The van der Waals surface area contributed by atoms with Gasteiger partial charge in [0.15, 0.2) is 5.58 Å². The molecule has 2 aliphatic heterocycles. The number of hydrogen-bond acceptors (Lipinski definition) is 5. The maximum Gasteiger partial charge on any atom is 0.320 e. The molecule has 7 heteroatoms. The van der Waals surface area contributed by atoms with Gasteiger partial charge in [-0.1, -0.05) is 12.1 Å². The lowest BCUT2D eigenvalue weighted by atomic mass is 10.2. The molecule has 2 fully saturated rings. The summed E-state index contributed by atoms with van der Waals surface area (Å²) in [6.07, 6.45) is 0. The van der Waals surface area contributed by atoms with Crippen LogP contribution < -0.4 is 0 Å². The molecule has 2 aromatic rings. The van der Waals surface area contributed by atoms with Crippen LogP contribution >= 0.6 is 0 Å². The van der Waals surface area contributed by atoms with Gasteiger partial charge in [0.25, 0.3) is 0 Å². The van der Waals surface area contributed by atoms with E-state index in [0.29, 0.717) is 26.3 Å². The Morgan fingerprint density at radius 1 is 1.04 bits per heavy atom. The van der Waals surface area contributed by atoms with E-state index in [0.717, 1.165) is 43.2 Å². The summed E-state index contributed by atoms with van der Waals surface area (Å²) in [5, 5.41) is 0. The van der Waals surface area contributed by atoms with E-state index in [2.05, 4.69) is 16.8 Å². The van der Waals surface area contributed by atoms with Gasteiger partial charge >= 0.3 is 6.03 Å². The Morgan fingerprint density at radius 2 is 1.72 bits per heavy atom. The summed E-state index contributed by atoms with van der Waals surface area (Å²) in [5.74, 6) is 0.745. The second-order valence-corrected chi connectivity index (χ2v) is 6.60. The number of ether oxygens (including phenoxy) is 1. The Kier molecular flexibility index (Phi) is 4.59. The van der Waals surface area contributed by atoms with Crippen molar-refractivity contribution in [3.63, 3.8) is 0 Å². The Morgan fingerprint density at radius 3 is 2.44 bits per heavy atom. The molecule has 0 spiro atoms. The number of rotatable bonds is 2. The van der Waals surface area contributed by atoms with Crippen LogP contribution in [0.5, 0.6) is 0 Å². The van der Waals surface area contributed by atoms with Crippen LogP contribution in [0.25, 0.3) is 11.1 Å². The van der Waals surface area contributed by atoms with Crippen molar-refractivity contribution < 1.29 is 13.9 Å². The molecule has 4 rings (SSSR count). The number of urea groups is 1. The Balaban J connectivity index is 1.36. The van der Waals surface area contributed by atoms with Crippen molar-refractivity contribution in [3.05, 3.63) is 30.2 Å². The summed E-state index contributed by atoms with van der Waals surface area (Å²) in [6.45, 7) is 7.91. The monoisotopic (exact) mass is 344 g/mol. The quantitative estimate of drug-likeness (QED) is 0.833. The van der Waals surface area contributed by atoms with E-state index in [1.807, 2.05) is 34.1 Å². The number of benzene rings is 1. The molecule has 2 aliphatic rings. The number of hydrogen-bond donors (Lipinski definition) is 0. The highest BCUT2D eigenvalue weighted by Gasteiger charge is 2.29. The van der Waals surface area contributed by atoms with E-state index >= 15 is 0 Å². The molecule has 3 heterocycles. The molecule has 2 amide bonds. The van der Waals surface area contributed by atoms with Gasteiger partial charge in [-0.3, -0.25) is 4.90 Å². The van der Waals surface area contributed by atoms with Crippen LogP contribution in [0.3, 0.4) is 0 Å². The van der Waals surface area contributed by atoms with Crippen molar-refractivity contribution in [2.24, 2.45) is 0 Å². The minimum absolute atomic E-state index is 0.105. The number of fused-ring (bicyclic) bond motifs is 1. The minimum Gasteiger partial charge on any atom is -0.439 e. The second-order valence-electron chi connectivity index (χ2n) is 6.60. The van der Waals surface area contributed by atoms with Gasteiger partial charge in [0, 0.05) is 39.3 Å². The first-order chi connectivity index (χ1) is 12.2. The lowest BCUT2D eigenvalue weighted by Gasteiger charge is -2.39. The van der Waals surface area contributed by atoms with Crippen LogP contribution in [0, 0.1) is 0 Å². The highest BCUT2D eigenvalue weighted by atomic mass is 16.5. The number of carbonyl (C=O) groups is 1. The number of amides is 2. The normalized spacial score (nSPS) is 20.8. The van der Waals surface area contributed by atoms with Crippen molar-refractivity contribution in [2.45, 2.75) is 13.0 Å². The maximum atomic E-state index is 12.6. The predicted molar refractivity (Wildman–Crippen MR) is 93.4 cm³/mol. The number of piperazine rings is 1. The molecule has 0 saturated carbocycles. The van der Waals surface area contributed by atoms with E-state index in [1.165, 1.54) is 0 Å². The summed E-state index contributed by atoms with van der Waals surface area (Å²) in [5.41, 5.74) is 1.72. The molecule has 7 nitrogen and oxygen atoms in total. The summed E-state index contributed by atoms with van der Waals surface area (Å²) < 4.78 is 11.2. The lowest BCUT2D eigenvalue weighted by molar-refractivity contribution is 0.0343. The highest BCUT2D eigenvalue weighted by molar-refractivity contribution is 5.74. The lowest BCUT2D eigenvalue weighted by Crippen LogP contribution is -2.55. The summed E-state index contributed by atoms with van der Waals surface area (Å²) in [4.78, 5) is 23.3. The molecule has 0 radical (unpaired) electrons. The smallest absolute Gasteiger partial charge is 0.320 e. The SMILES string of the molecule is CC(c1nc2ccccc2o1)N1CCN(C(=O)N2CCOCC2)CC1.